The van der Waals surface area contributed by atoms with Gasteiger partial charge in [-0.25, -0.2) is 0 Å². The lowest BCUT2D eigenvalue weighted by atomic mass is 10.0. The molecule has 0 unspecified atom stereocenters. The molecule has 1 saturated heterocycles. The van der Waals surface area contributed by atoms with Crippen molar-refractivity contribution < 1.29 is 19.0 Å². The van der Waals surface area contributed by atoms with E-state index in [0.717, 1.165) is 24.2 Å². The van der Waals surface area contributed by atoms with Crippen LogP contribution < -0.4 is 0 Å². The first-order valence-corrected chi connectivity index (χ1v) is 14.0. The second kappa shape index (κ2) is 12.4. The van der Waals surface area contributed by atoms with Crippen molar-refractivity contribution in [3.8, 4) is 5.88 Å². The zero-order valence-corrected chi connectivity index (χ0v) is 23.0. The van der Waals surface area contributed by atoms with E-state index in [1.54, 1.807) is 30.3 Å². The molecule has 1 aromatic rings. The number of aromatic amines is 1. The number of carbonyl (C=O) groups is 1. The summed E-state index contributed by atoms with van der Waals surface area (Å²) in [4.78, 5) is 25.1. The number of aromatic hydroxyl groups is 1. The fraction of sp³-hybridized carbons (Fsp3) is 0.357. The van der Waals surface area contributed by atoms with Crippen molar-refractivity contribution in [2.24, 2.45) is 4.99 Å². The molecule has 3 rings (SSSR count). The predicted molar refractivity (Wildman–Crippen MR) is 153 cm³/mol. The summed E-state index contributed by atoms with van der Waals surface area (Å²) in [6, 6.07) is 6.44. The Labute approximate surface area is 221 Å². The van der Waals surface area contributed by atoms with Crippen molar-refractivity contribution >= 4 is 28.3 Å². The third kappa shape index (κ3) is 7.01. The molecule has 37 heavy (non-hydrogen) atoms. The van der Waals surface area contributed by atoms with E-state index in [-0.39, 0.29) is 17.5 Å². The molecule has 2 aliphatic heterocycles. The fourth-order valence-corrected chi connectivity index (χ4v) is 5.72. The third-order valence-corrected chi connectivity index (χ3v) is 8.24. The monoisotopic (exact) mass is 526 g/mol. The van der Waals surface area contributed by atoms with Crippen LogP contribution in [0.2, 0.25) is 0 Å². The standard InChI is InChI=1S/C28H38N4O4S/c1-6-9-22(7-2)19-37(35,36)24-10-8-13-29-27(33)23(11-12-24)18-25-20(3)26(21(4)30-25)28(34)32-16-14-31(5)15-17-32/h6-13,18,29,33,35-36H,14-17,19H2,1-5H3/b9-6-,12-11?,13-8?,22-7+,24-10?,25-18-,27-23?. The number of likely N-dealkylation sites (N-methyl/N-ethyl adjacent to an activating group) is 1. The van der Waals surface area contributed by atoms with E-state index in [0.29, 0.717) is 40.5 Å². The molecule has 0 radical (unpaired) electrons. The normalized spacial score (nSPS) is 19.0. The summed E-state index contributed by atoms with van der Waals surface area (Å²) in [7, 11) is -1.09. The lowest BCUT2D eigenvalue weighted by Gasteiger charge is -2.32. The predicted octanol–water partition coefficient (Wildman–Crippen LogP) is 5.38. The third-order valence-electron chi connectivity index (χ3n) is 6.48. The molecule has 0 aromatic carbocycles. The van der Waals surface area contributed by atoms with Crippen LogP contribution in [-0.4, -0.2) is 79.6 Å². The molecule has 2 aliphatic rings. The first kappa shape index (κ1) is 28.5. The second-order valence-corrected chi connectivity index (χ2v) is 11.3. The highest BCUT2D eigenvalue weighted by molar-refractivity contribution is 8.24. The molecule has 0 saturated carbocycles. The maximum atomic E-state index is 13.3. The fourth-order valence-electron chi connectivity index (χ4n) is 4.24. The van der Waals surface area contributed by atoms with Gasteiger partial charge in [-0.15, -0.1) is 0 Å². The van der Waals surface area contributed by atoms with Gasteiger partial charge < -0.3 is 19.9 Å². The number of aromatic nitrogens is 1. The van der Waals surface area contributed by atoms with E-state index in [2.05, 4.69) is 14.9 Å². The number of carbonyl (C=O) groups excluding carboxylic acids is 1. The number of allylic oxidation sites excluding steroid dienone is 4. The lowest BCUT2D eigenvalue weighted by molar-refractivity contribution is -0.128. The second-order valence-electron chi connectivity index (χ2n) is 9.21. The summed E-state index contributed by atoms with van der Waals surface area (Å²) in [6.45, 7) is 10.4. The van der Waals surface area contributed by atoms with Crippen LogP contribution in [-0.2, 0) is 4.79 Å². The van der Waals surface area contributed by atoms with Crippen LogP contribution in [0.4, 0.5) is 0 Å². The Kier molecular flexibility index (Phi) is 9.56. The highest BCUT2D eigenvalue weighted by Crippen LogP contribution is 2.49. The van der Waals surface area contributed by atoms with Gasteiger partial charge in [0.2, 0.25) is 0 Å². The molecule has 1 aromatic heterocycles. The van der Waals surface area contributed by atoms with E-state index in [9.17, 15) is 19.0 Å². The number of hydrogen-bond acceptors (Lipinski definition) is 6. The molecular formula is C28H38N4O4S. The van der Waals surface area contributed by atoms with Gasteiger partial charge in [-0.05, 0) is 76.2 Å². The first-order chi connectivity index (χ1) is 17.6. The van der Waals surface area contributed by atoms with Crippen LogP contribution in [0.15, 0.2) is 81.0 Å². The Balaban J connectivity index is 1.99. The largest absolute Gasteiger partial charge is 0.494 e. The van der Waals surface area contributed by atoms with Crippen molar-refractivity contribution in [3.05, 3.63) is 76.7 Å². The summed E-state index contributed by atoms with van der Waals surface area (Å²) in [5.74, 6) is -0.0613. The smallest absolute Gasteiger partial charge is 0.256 e. The maximum Gasteiger partial charge on any atom is 0.256 e. The van der Waals surface area contributed by atoms with E-state index in [4.69, 9.17) is 0 Å². The first-order valence-electron chi connectivity index (χ1n) is 12.3. The van der Waals surface area contributed by atoms with Gasteiger partial charge in [0.25, 0.3) is 5.91 Å². The van der Waals surface area contributed by atoms with Crippen LogP contribution in [0.1, 0.15) is 33.3 Å². The minimum Gasteiger partial charge on any atom is -0.494 e. The molecule has 1 fully saturated rings. The van der Waals surface area contributed by atoms with Gasteiger partial charge in [0, 0.05) is 37.9 Å². The molecule has 0 spiro atoms. The summed E-state index contributed by atoms with van der Waals surface area (Å²) < 4.78 is 21.9. The van der Waals surface area contributed by atoms with Crippen molar-refractivity contribution in [2.75, 3.05) is 39.0 Å². The van der Waals surface area contributed by atoms with Crippen LogP contribution in [0.3, 0.4) is 0 Å². The number of amides is 1. The van der Waals surface area contributed by atoms with E-state index in [1.807, 2.05) is 57.9 Å². The Morgan fingerprint density at radius 3 is 2.49 bits per heavy atom. The number of hydrogen-bond donors (Lipinski definition) is 4. The van der Waals surface area contributed by atoms with Crippen molar-refractivity contribution in [1.29, 1.82) is 0 Å². The van der Waals surface area contributed by atoms with E-state index >= 15 is 0 Å². The molecule has 8 nitrogen and oxygen atoms in total. The Hall–Kier alpha value is -3.11. The lowest BCUT2D eigenvalue weighted by Crippen LogP contribution is -2.48. The van der Waals surface area contributed by atoms with Crippen molar-refractivity contribution in [1.82, 2.24) is 14.8 Å². The molecule has 1 amide bonds. The highest BCUT2D eigenvalue weighted by atomic mass is 32.3. The number of aliphatic imine (C=N–C) groups is 1. The molecule has 200 valence electrons. The van der Waals surface area contributed by atoms with Crippen molar-refractivity contribution in [3.63, 3.8) is 0 Å². The molecule has 3 heterocycles. The van der Waals surface area contributed by atoms with E-state index < -0.39 is 10.6 Å². The summed E-state index contributed by atoms with van der Waals surface area (Å²) in [6.07, 6.45) is 8.77. The molecule has 0 bridgehead atoms. The van der Waals surface area contributed by atoms with Gasteiger partial charge in [-0.1, -0.05) is 18.2 Å². The Bertz CT molecular complexity index is 1230. The zero-order valence-electron chi connectivity index (χ0n) is 22.2. The molecule has 0 atom stereocenters. The van der Waals surface area contributed by atoms with Gasteiger partial charge in [0.05, 0.1) is 27.6 Å². The summed E-state index contributed by atoms with van der Waals surface area (Å²) >= 11 is 0. The number of nitrogens with one attached hydrogen (secondary N) is 1. The van der Waals surface area contributed by atoms with Gasteiger partial charge in [-0.2, -0.15) is 10.6 Å². The molecular weight excluding hydrogens is 488 g/mol. The minimum absolute atomic E-state index is 0.0282. The van der Waals surface area contributed by atoms with Crippen LogP contribution >= 0.6 is 10.6 Å². The van der Waals surface area contributed by atoms with Gasteiger partial charge >= 0.3 is 0 Å². The Morgan fingerprint density at radius 1 is 1.14 bits per heavy atom. The van der Waals surface area contributed by atoms with Crippen LogP contribution in [0.5, 0.6) is 5.88 Å². The highest BCUT2D eigenvalue weighted by Gasteiger charge is 2.29. The average Bonchev–Trinajstić information content (AvgIpc) is 3.18. The summed E-state index contributed by atoms with van der Waals surface area (Å²) in [5, 5.41) is 10.7. The van der Waals surface area contributed by atoms with Gasteiger partial charge in [0.15, 0.2) is 5.88 Å². The quantitative estimate of drug-likeness (QED) is 0.372. The molecule has 0 aliphatic carbocycles. The summed E-state index contributed by atoms with van der Waals surface area (Å²) in [5.41, 5.74) is 3.76. The van der Waals surface area contributed by atoms with E-state index in [1.165, 1.54) is 6.20 Å². The van der Waals surface area contributed by atoms with Crippen LogP contribution in [0.25, 0.3) is 6.08 Å². The molecule has 9 heteroatoms. The number of piperazine rings is 1. The number of H-pyrrole nitrogens is 1. The average molecular weight is 527 g/mol. The SMILES string of the molecule is C/C=C\C(=C/C)CS(O)(O)c1ccc[nH]c(O)c(/C=C2\N=C(C)C(C(=O)N3CCN(C)CC3)=C2C)cc1. The zero-order chi connectivity index (χ0) is 27.2. The van der Waals surface area contributed by atoms with Gasteiger partial charge in [-0.3, -0.25) is 18.9 Å². The van der Waals surface area contributed by atoms with Crippen molar-refractivity contribution in [2.45, 2.75) is 32.6 Å². The number of nitrogens with zero attached hydrogens (tertiary/aromatic N) is 3. The maximum absolute atomic E-state index is 13.3. The number of rotatable bonds is 6. The van der Waals surface area contributed by atoms with Gasteiger partial charge in [0.1, 0.15) is 0 Å². The Morgan fingerprint density at radius 2 is 1.84 bits per heavy atom. The minimum atomic E-state index is -3.14. The van der Waals surface area contributed by atoms with Crippen LogP contribution in [0, 0.1) is 0 Å². The topological polar surface area (TPSA) is 112 Å². The molecule has 4 N–H and O–H groups in total.